The van der Waals surface area contributed by atoms with Gasteiger partial charge in [0, 0.05) is 36.2 Å². The topological polar surface area (TPSA) is 29.3 Å². The Balaban J connectivity index is 2.09. The van der Waals surface area contributed by atoms with Gasteiger partial charge in [-0.05, 0) is 17.7 Å². The summed E-state index contributed by atoms with van der Waals surface area (Å²) in [5.41, 5.74) is 7.56. The van der Waals surface area contributed by atoms with Crippen molar-refractivity contribution in [2.24, 2.45) is 5.73 Å². The minimum Gasteiger partial charge on any atom is -0.329 e. The van der Waals surface area contributed by atoms with Gasteiger partial charge in [-0.2, -0.15) is 0 Å². The number of halogens is 2. The van der Waals surface area contributed by atoms with E-state index in [9.17, 15) is 4.39 Å². The van der Waals surface area contributed by atoms with Crippen LogP contribution in [0.1, 0.15) is 11.1 Å². The molecule has 0 saturated heterocycles. The van der Waals surface area contributed by atoms with Gasteiger partial charge in [0.15, 0.2) is 0 Å². The van der Waals surface area contributed by atoms with Crippen LogP contribution in [-0.4, -0.2) is 18.0 Å². The summed E-state index contributed by atoms with van der Waals surface area (Å²) in [6.07, 6.45) is 0. The molecule has 2 rings (SSSR count). The van der Waals surface area contributed by atoms with E-state index in [1.54, 1.807) is 0 Å². The van der Waals surface area contributed by atoms with E-state index in [1.165, 1.54) is 11.6 Å². The minimum absolute atomic E-state index is 0.186. The first-order valence-corrected chi connectivity index (χ1v) is 7.38. The molecule has 0 fully saturated rings. The summed E-state index contributed by atoms with van der Waals surface area (Å²) in [5.74, 6) is -0.186. The SMILES string of the molecule is NCCN(Cc1ccccc1)Cc1ccc(Br)cc1F. The van der Waals surface area contributed by atoms with Crippen LogP contribution in [0.5, 0.6) is 0 Å². The summed E-state index contributed by atoms with van der Waals surface area (Å²) in [6.45, 7) is 2.63. The molecule has 0 atom stereocenters. The number of nitrogens with zero attached hydrogens (tertiary/aromatic N) is 1. The fourth-order valence-corrected chi connectivity index (χ4v) is 2.46. The fourth-order valence-electron chi connectivity index (χ4n) is 2.13. The highest BCUT2D eigenvalue weighted by Gasteiger charge is 2.10. The first kappa shape index (κ1) is 15.2. The maximum Gasteiger partial charge on any atom is 0.128 e. The van der Waals surface area contributed by atoms with Gasteiger partial charge in [0.2, 0.25) is 0 Å². The molecule has 0 amide bonds. The van der Waals surface area contributed by atoms with E-state index in [-0.39, 0.29) is 5.82 Å². The Morgan fingerprint density at radius 1 is 1.05 bits per heavy atom. The monoisotopic (exact) mass is 336 g/mol. The molecule has 106 valence electrons. The van der Waals surface area contributed by atoms with Crippen LogP contribution in [0, 0.1) is 5.82 Å². The third-order valence-electron chi connectivity index (χ3n) is 3.10. The lowest BCUT2D eigenvalue weighted by Gasteiger charge is -2.22. The Hall–Kier alpha value is -1.23. The second kappa shape index (κ2) is 7.53. The molecule has 0 heterocycles. The molecule has 4 heteroatoms. The van der Waals surface area contributed by atoms with Crippen LogP contribution in [0.2, 0.25) is 0 Å². The summed E-state index contributed by atoms with van der Waals surface area (Å²) >= 11 is 3.27. The van der Waals surface area contributed by atoms with Gasteiger partial charge in [-0.3, -0.25) is 4.90 Å². The smallest absolute Gasteiger partial charge is 0.128 e. The predicted octanol–water partition coefficient (Wildman–Crippen LogP) is 3.55. The Bertz CT molecular complexity index is 545. The molecule has 0 aliphatic carbocycles. The van der Waals surface area contributed by atoms with Crippen molar-refractivity contribution in [2.75, 3.05) is 13.1 Å². The van der Waals surface area contributed by atoms with Gasteiger partial charge in [0.05, 0.1) is 0 Å². The number of rotatable bonds is 6. The molecule has 0 unspecified atom stereocenters. The summed E-state index contributed by atoms with van der Waals surface area (Å²) in [6, 6.07) is 15.3. The van der Waals surface area contributed by atoms with Crippen LogP contribution in [0.25, 0.3) is 0 Å². The van der Waals surface area contributed by atoms with E-state index in [0.717, 1.165) is 17.6 Å². The van der Waals surface area contributed by atoms with Crippen molar-refractivity contribution >= 4 is 15.9 Å². The first-order valence-electron chi connectivity index (χ1n) is 6.59. The molecule has 2 aromatic rings. The van der Waals surface area contributed by atoms with Crippen molar-refractivity contribution in [3.63, 3.8) is 0 Å². The van der Waals surface area contributed by atoms with Crippen molar-refractivity contribution in [3.05, 3.63) is 69.9 Å². The van der Waals surface area contributed by atoms with E-state index in [2.05, 4.69) is 33.0 Å². The number of hydrogen-bond acceptors (Lipinski definition) is 2. The molecule has 0 radical (unpaired) electrons. The molecule has 0 aromatic heterocycles. The van der Waals surface area contributed by atoms with Crippen molar-refractivity contribution in [1.29, 1.82) is 0 Å². The van der Waals surface area contributed by atoms with Crippen LogP contribution in [0.4, 0.5) is 4.39 Å². The third kappa shape index (κ3) is 4.40. The Morgan fingerprint density at radius 2 is 1.80 bits per heavy atom. The van der Waals surface area contributed by atoms with Gasteiger partial charge in [-0.15, -0.1) is 0 Å². The molecule has 2 aromatic carbocycles. The summed E-state index contributed by atoms with van der Waals surface area (Å²) in [4.78, 5) is 2.15. The minimum atomic E-state index is -0.186. The average Bonchev–Trinajstić information content (AvgIpc) is 2.43. The second-order valence-corrected chi connectivity index (χ2v) is 5.64. The number of hydrogen-bond donors (Lipinski definition) is 1. The predicted molar refractivity (Wildman–Crippen MR) is 83.7 cm³/mol. The van der Waals surface area contributed by atoms with E-state index in [0.29, 0.717) is 18.7 Å². The van der Waals surface area contributed by atoms with Gasteiger partial charge < -0.3 is 5.73 Å². The lowest BCUT2D eigenvalue weighted by atomic mass is 10.1. The quantitative estimate of drug-likeness (QED) is 0.874. The zero-order chi connectivity index (χ0) is 14.4. The van der Waals surface area contributed by atoms with Crippen LogP contribution >= 0.6 is 15.9 Å². The summed E-state index contributed by atoms with van der Waals surface area (Å²) in [7, 11) is 0. The maximum absolute atomic E-state index is 13.9. The molecule has 0 aliphatic heterocycles. The Morgan fingerprint density at radius 3 is 2.45 bits per heavy atom. The Kier molecular flexibility index (Phi) is 5.71. The number of benzene rings is 2. The zero-order valence-electron chi connectivity index (χ0n) is 11.2. The van der Waals surface area contributed by atoms with Gasteiger partial charge in [-0.1, -0.05) is 52.3 Å². The van der Waals surface area contributed by atoms with Crippen LogP contribution in [-0.2, 0) is 13.1 Å². The highest BCUT2D eigenvalue weighted by atomic mass is 79.9. The normalized spacial score (nSPS) is 11.0. The molecular formula is C16H18BrFN2. The molecule has 0 aliphatic rings. The van der Waals surface area contributed by atoms with E-state index < -0.39 is 0 Å². The van der Waals surface area contributed by atoms with E-state index in [4.69, 9.17) is 5.73 Å². The van der Waals surface area contributed by atoms with Gasteiger partial charge in [0.1, 0.15) is 5.82 Å². The van der Waals surface area contributed by atoms with Crippen molar-refractivity contribution in [3.8, 4) is 0 Å². The first-order chi connectivity index (χ1) is 9.69. The molecule has 2 nitrogen and oxygen atoms in total. The zero-order valence-corrected chi connectivity index (χ0v) is 12.8. The summed E-state index contributed by atoms with van der Waals surface area (Å²) < 4.78 is 14.7. The second-order valence-electron chi connectivity index (χ2n) is 4.72. The number of nitrogens with two attached hydrogens (primary N) is 1. The summed E-state index contributed by atoms with van der Waals surface area (Å²) in [5, 5.41) is 0. The van der Waals surface area contributed by atoms with E-state index >= 15 is 0 Å². The standard InChI is InChI=1S/C16H18BrFN2/c17-15-7-6-14(16(18)10-15)12-20(9-8-19)11-13-4-2-1-3-5-13/h1-7,10H,8-9,11-12,19H2. The van der Waals surface area contributed by atoms with Crippen LogP contribution in [0.15, 0.2) is 53.0 Å². The highest BCUT2D eigenvalue weighted by Crippen LogP contribution is 2.17. The maximum atomic E-state index is 13.9. The van der Waals surface area contributed by atoms with Crippen LogP contribution < -0.4 is 5.73 Å². The lowest BCUT2D eigenvalue weighted by molar-refractivity contribution is 0.260. The van der Waals surface area contributed by atoms with Gasteiger partial charge in [-0.25, -0.2) is 4.39 Å². The lowest BCUT2D eigenvalue weighted by Crippen LogP contribution is -2.29. The van der Waals surface area contributed by atoms with Gasteiger partial charge >= 0.3 is 0 Å². The third-order valence-corrected chi connectivity index (χ3v) is 3.60. The molecule has 20 heavy (non-hydrogen) atoms. The molecule has 0 saturated carbocycles. The Labute approximate surface area is 127 Å². The van der Waals surface area contributed by atoms with Crippen molar-refractivity contribution in [1.82, 2.24) is 4.90 Å². The molecule has 0 spiro atoms. The van der Waals surface area contributed by atoms with E-state index in [1.807, 2.05) is 30.3 Å². The molecule has 0 bridgehead atoms. The largest absolute Gasteiger partial charge is 0.329 e. The average molecular weight is 337 g/mol. The molecular weight excluding hydrogens is 319 g/mol. The molecule has 2 N–H and O–H groups in total. The van der Waals surface area contributed by atoms with Gasteiger partial charge in [0.25, 0.3) is 0 Å². The van der Waals surface area contributed by atoms with Crippen molar-refractivity contribution < 1.29 is 4.39 Å². The van der Waals surface area contributed by atoms with Crippen LogP contribution in [0.3, 0.4) is 0 Å². The highest BCUT2D eigenvalue weighted by molar-refractivity contribution is 9.10. The van der Waals surface area contributed by atoms with Crippen molar-refractivity contribution in [2.45, 2.75) is 13.1 Å². The fraction of sp³-hybridized carbons (Fsp3) is 0.250.